The van der Waals surface area contributed by atoms with E-state index in [0.717, 1.165) is 73.8 Å². The van der Waals surface area contributed by atoms with E-state index < -0.39 is 0 Å². The average molecular weight is 534 g/mol. The van der Waals surface area contributed by atoms with Crippen LogP contribution in [-0.4, -0.2) is 66.2 Å². The molecule has 0 spiro atoms. The predicted molar refractivity (Wildman–Crippen MR) is 167 cm³/mol. The molecule has 3 heterocycles. The van der Waals surface area contributed by atoms with E-state index in [0.29, 0.717) is 6.04 Å². The Hall–Kier alpha value is -2.64. The molecule has 2 aliphatic heterocycles. The van der Waals surface area contributed by atoms with E-state index in [9.17, 15) is 0 Å². The van der Waals surface area contributed by atoms with E-state index in [2.05, 4.69) is 77.9 Å². The van der Waals surface area contributed by atoms with Gasteiger partial charge in [-0.2, -0.15) is 0 Å². The molecule has 0 atom stereocenters. The summed E-state index contributed by atoms with van der Waals surface area (Å²) in [6, 6.07) is 8.12. The molecule has 3 N–H and O–H groups in total. The molecule has 2 aromatic rings. The van der Waals surface area contributed by atoms with Crippen molar-refractivity contribution in [1.82, 2.24) is 20.2 Å². The summed E-state index contributed by atoms with van der Waals surface area (Å²) in [5.41, 5.74) is 5.93. The third-order valence-corrected chi connectivity index (χ3v) is 8.62. The molecule has 5 rings (SSSR count). The Bertz CT molecular complexity index is 1040. The summed E-state index contributed by atoms with van der Waals surface area (Å²) in [6.07, 6.45) is 10.9. The number of anilines is 4. The van der Waals surface area contributed by atoms with Gasteiger partial charge in [0, 0.05) is 62.7 Å². The van der Waals surface area contributed by atoms with Gasteiger partial charge >= 0.3 is 0 Å². The molecule has 7 nitrogen and oxygen atoms in total. The first-order valence-electron chi connectivity index (χ1n) is 15.4. The molecule has 1 aliphatic carbocycles. The molecular weight excluding hydrogens is 482 g/mol. The molecule has 2 saturated heterocycles. The highest BCUT2D eigenvalue weighted by Gasteiger charge is 2.26. The highest BCUT2D eigenvalue weighted by atomic mass is 15.2. The second-order valence-corrected chi connectivity index (χ2v) is 11.1. The van der Waals surface area contributed by atoms with E-state index >= 15 is 0 Å². The van der Waals surface area contributed by atoms with Crippen LogP contribution in [0.1, 0.15) is 75.7 Å². The van der Waals surface area contributed by atoms with Crippen LogP contribution in [0, 0.1) is 6.92 Å². The molecule has 0 bridgehead atoms. The maximum atomic E-state index is 5.05. The molecule has 1 aromatic carbocycles. The zero-order chi connectivity index (χ0) is 27.6. The Morgan fingerprint density at radius 1 is 0.897 bits per heavy atom. The van der Waals surface area contributed by atoms with Crippen LogP contribution < -0.4 is 20.9 Å². The fraction of sp³-hybridized carbons (Fsp3) is 0.625. The normalized spacial score (nSPS) is 19.3. The van der Waals surface area contributed by atoms with Crippen LogP contribution in [0.4, 0.5) is 23.0 Å². The predicted octanol–water partition coefficient (Wildman–Crippen LogP) is 6.07. The highest BCUT2D eigenvalue weighted by molar-refractivity contribution is 5.67. The Balaban J connectivity index is 0.00000172. The number of piperazine rings is 1. The fourth-order valence-corrected chi connectivity index (χ4v) is 6.40. The second-order valence-electron chi connectivity index (χ2n) is 11.1. The third-order valence-electron chi connectivity index (χ3n) is 8.62. The van der Waals surface area contributed by atoms with Gasteiger partial charge in [-0.3, -0.25) is 9.88 Å². The lowest BCUT2D eigenvalue weighted by Gasteiger charge is -2.41. The van der Waals surface area contributed by atoms with Gasteiger partial charge in [0.15, 0.2) is 5.82 Å². The molecule has 3 fully saturated rings. The summed E-state index contributed by atoms with van der Waals surface area (Å²) in [7, 11) is 0. The number of rotatable bonds is 8. The minimum atomic E-state index is 0.519. The van der Waals surface area contributed by atoms with Gasteiger partial charge < -0.3 is 20.9 Å². The summed E-state index contributed by atoms with van der Waals surface area (Å²) in [6.45, 7) is 19.5. The Morgan fingerprint density at radius 2 is 1.62 bits per heavy atom. The van der Waals surface area contributed by atoms with Crippen LogP contribution in [0.5, 0.6) is 0 Å². The molecule has 0 amide bonds. The second kappa shape index (κ2) is 14.7. The molecule has 0 unspecified atom stereocenters. The van der Waals surface area contributed by atoms with Crippen molar-refractivity contribution in [3.05, 3.63) is 48.3 Å². The standard InChI is InChI=1S/C30H47N7.C2H4/c1-4-23-21-25(11-12-28(23)37-17-13-26(14-18-37)36-19-15-31-16-20-36)34-29-22(3)32-27(5-2)30(35-29)33-24-9-7-6-8-10-24;1-2/h11-12,21,24,26,31H,4-10,13-20H2,1-3H3,(H2,33,34,35);1-2H2. The Kier molecular flexibility index (Phi) is 11.0. The maximum Gasteiger partial charge on any atom is 0.154 e. The molecule has 3 aliphatic rings. The van der Waals surface area contributed by atoms with Gasteiger partial charge in [-0.1, -0.05) is 33.1 Å². The quantitative estimate of drug-likeness (QED) is 0.356. The number of aryl methyl sites for hydroxylation is 3. The summed E-state index contributed by atoms with van der Waals surface area (Å²) in [5.74, 6) is 1.82. The van der Waals surface area contributed by atoms with Crippen LogP contribution in [0.3, 0.4) is 0 Å². The number of nitrogens with zero attached hydrogens (tertiary/aromatic N) is 4. The van der Waals surface area contributed by atoms with Crippen molar-refractivity contribution in [2.45, 2.75) is 90.6 Å². The summed E-state index contributed by atoms with van der Waals surface area (Å²) in [4.78, 5) is 15.3. The summed E-state index contributed by atoms with van der Waals surface area (Å²) in [5, 5.41) is 10.8. The lowest BCUT2D eigenvalue weighted by atomic mass is 9.95. The van der Waals surface area contributed by atoms with E-state index in [1.165, 1.54) is 69.3 Å². The lowest BCUT2D eigenvalue weighted by Crippen LogP contribution is -2.52. The first kappa shape index (κ1) is 29.3. The van der Waals surface area contributed by atoms with E-state index in [1.807, 2.05) is 0 Å². The molecule has 1 aromatic heterocycles. The van der Waals surface area contributed by atoms with Gasteiger partial charge in [0.05, 0.1) is 11.4 Å². The molecular formula is C32H51N7. The van der Waals surface area contributed by atoms with Crippen molar-refractivity contribution < 1.29 is 0 Å². The minimum absolute atomic E-state index is 0.519. The number of aromatic nitrogens is 2. The first-order chi connectivity index (χ1) is 19.1. The number of hydrogen-bond donors (Lipinski definition) is 3. The third kappa shape index (κ3) is 7.52. The van der Waals surface area contributed by atoms with Crippen molar-refractivity contribution in [2.24, 2.45) is 0 Å². The molecule has 39 heavy (non-hydrogen) atoms. The van der Waals surface area contributed by atoms with Gasteiger partial charge in [0.25, 0.3) is 0 Å². The molecule has 0 radical (unpaired) electrons. The van der Waals surface area contributed by atoms with Crippen LogP contribution in [0.15, 0.2) is 31.4 Å². The summed E-state index contributed by atoms with van der Waals surface area (Å²) < 4.78 is 0. The van der Waals surface area contributed by atoms with Gasteiger partial charge in [-0.15, -0.1) is 13.2 Å². The molecule has 7 heteroatoms. The van der Waals surface area contributed by atoms with Gasteiger partial charge in [0.1, 0.15) is 5.82 Å². The zero-order valence-corrected chi connectivity index (χ0v) is 24.7. The average Bonchev–Trinajstić information content (AvgIpc) is 3.00. The smallest absolute Gasteiger partial charge is 0.154 e. The summed E-state index contributed by atoms with van der Waals surface area (Å²) >= 11 is 0. The van der Waals surface area contributed by atoms with Crippen molar-refractivity contribution >= 4 is 23.0 Å². The maximum absolute atomic E-state index is 5.05. The number of piperidine rings is 1. The minimum Gasteiger partial charge on any atom is -0.371 e. The lowest BCUT2D eigenvalue weighted by molar-refractivity contribution is 0.150. The molecule has 214 valence electrons. The largest absolute Gasteiger partial charge is 0.371 e. The van der Waals surface area contributed by atoms with E-state index in [-0.39, 0.29) is 0 Å². The zero-order valence-electron chi connectivity index (χ0n) is 24.7. The van der Waals surface area contributed by atoms with Crippen LogP contribution >= 0.6 is 0 Å². The highest BCUT2D eigenvalue weighted by Crippen LogP contribution is 2.31. The monoisotopic (exact) mass is 533 g/mol. The Labute approximate surface area is 236 Å². The van der Waals surface area contributed by atoms with Crippen LogP contribution in [0.25, 0.3) is 0 Å². The van der Waals surface area contributed by atoms with E-state index in [4.69, 9.17) is 9.97 Å². The SMILES string of the molecule is C=C.CCc1cc(Nc2nc(NC3CCCCC3)c(CC)nc2C)ccc1N1CCC(N2CCNCC2)CC1. The number of nitrogens with one attached hydrogen (secondary N) is 3. The van der Waals surface area contributed by atoms with Crippen molar-refractivity contribution in [3.8, 4) is 0 Å². The van der Waals surface area contributed by atoms with Crippen LogP contribution in [-0.2, 0) is 12.8 Å². The van der Waals surface area contributed by atoms with Gasteiger partial charge in [-0.25, -0.2) is 4.98 Å². The number of hydrogen-bond acceptors (Lipinski definition) is 7. The van der Waals surface area contributed by atoms with Crippen molar-refractivity contribution in [2.75, 3.05) is 54.8 Å². The fourth-order valence-electron chi connectivity index (χ4n) is 6.40. The Morgan fingerprint density at radius 3 is 2.28 bits per heavy atom. The van der Waals surface area contributed by atoms with Crippen molar-refractivity contribution in [3.63, 3.8) is 0 Å². The van der Waals surface area contributed by atoms with Crippen LogP contribution in [0.2, 0.25) is 0 Å². The van der Waals surface area contributed by atoms with E-state index in [1.54, 1.807) is 0 Å². The first-order valence-corrected chi connectivity index (χ1v) is 15.4. The topological polar surface area (TPSA) is 68.4 Å². The van der Waals surface area contributed by atoms with Gasteiger partial charge in [-0.05, 0) is 69.2 Å². The number of benzene rings is 1. The molecule has 1 saturated carbocycles. The van der Waals surface area contributed by atoms with Gasteiger partial charge in [0.2, 0.25) is 0 Å². The van der Waals surface area contributed by atoms with Crippen molar-refractivity contribution in [1.29, 1.82) is 0 Å².